The Morgan fingerprint density at radius 3 is 2.73 bits per heavy atom. The summed E-state index contributed by atoms with van der Waals surface area (Å²) in [5.41, 5.74) is 0.789. The van der Waals surface area contributed by atoms with Crippen molar-refractivity contribution < 1.29 is 19.2 Å². The van der Waals surface area contributed by atoms with Crippen LogP contribution < -0.4 is 5.32 Å². The van der Waals surface area contributed by atoms with Crippen LogP contribution in [0.2, 0.25) is 0 Å². The molecule has 1 unspecified atom stereocenters. The molecule has 0 aromatic carbocycles. The van der Waals surface area contributed by atoms with E-state index < -0.39 is 17.9 Å². The number of carbonyl (C=O) groups excluding carboxylic acids is 1. The molecule has 0 spiro atoms. The van der Waals surface area contributed by atoms with Crippen molar-refractivity contribution in [3.8, 4) is 11.3 Å². The van der Waals surface area contributed by atoms with E-state index in [2.05, 4.69) is 15.5 Å². The SMILES string of the molecule is CCCCC(NC(=O)c1cc(-c2ccncc2)on1)C(=O)O. The van der Waals surface area contributed by atoms with Gasteiger partial charge in [0.15, 0.2) is 11.5 Å². The molecule has 0 saturated carbocycles. The summed E-state index contributed by atoms with van der Waals surface area (Å²) in [7, 11) is 0. The third kappa shape index (κ3) is 3.91. The van der Waals surface area contributed by atoms with Gasteiger partial charge in [-0.3, -0.25) is 9.78 Å². The van der Waals surface area contributed by atoms with E-state index in [1.54, 1.807) is 24.5 Å². The number of hydrogen-bond acceptors (Lipinski definition) is 5. The maximum absolute atomic E-state index is 12.1. The molecule has 7 nitrogen and oxygen atoms in total. The van der Waals surface area contributed by atoms with E-state index in [0.717, 1.165) is 18.4 Å². The van der Waals surface area contributed by atoms with Crippen LogP contribution in [0.25, 0.3) is 11.3 Å². The van der Waals surface area contributed by atoms with Crippen LogP contribution in [0, 0.1) is 0 Å². The van der Waals surface area contributed by atoms with Crippen LogP contribution in [0.4, 0.5) is 0 Å². The number of amides is 1. The summed E-state index contributed by atoms with van der Waals surface area (Å²) in [6, 6.07) is 4.00. The van der Waals surface area contributed by atoms with E-state index in [-0.39, 0.29) is 5.69 Å². The third-order valence-corrected chi connectivity index (χ3v) is 3.16. The first kappa shape index (κ1) is 15.7. The summed E-state index contributed by atoms with van der Waals surface area (Å²) in [6.07, 6.45) is 5.16. The van der Waals surface area contributed by atoms with Crippen LogP contribution in [0.15, 0.2) is 35.1 Å². The highest BCUT2D eigenvalue weighted by Crippen LogP contribution is 2.19. The highest BCUT2D eigenvalue weighted by atomic mass is 16.5. The Labute approximate surface area is 127 Å². The van der Waals surface area contributed by atoms with Gasteiger partial charge in [0.1, 0.15) is 6.04 Å². The Kier molecular flexibility index (Phi) is 5.24. The van der Waals surface area contributed by atoms with Crippen LogP contribution in [-0.2, 0) is 4.79 Å². The van der Waals surface area contributed by atoms with Gasteiger partial charge in [0, 0.05) is 24.0 Å². The number of nitrogens with zero attached hydrogens (tertiary/aromatic N) is 2. The van der Waals surface area contributed by atoms with E-state index in [4.69, 9.17) is 9.63 Å². The molecule has 1 amide bonds. The molecule has 22 heavy (non-hydrogen) atoms. The largest absolute Gasteiger partial charge is 0.480 e. The van der Waals surface area contributed by atoms with Crippen LogP contribution in [0.1, 0.15) is 36.7 Å². The van der Waals surface area contributed by atoms with Crippen molar-refractivity contribution in [3.05, 3.63) is 36.3 Å². The third-order valence-electron chi connectivity index (χ3n) is 3.16. The monoisotopic (exact) mass is 303 g/mol. The van der Waals surface area contributed by atoms with Gasteiger partial charge in [-0.1, -0.05) is 24.9 Å². The Hall–Kier alpha value is -2.70. The quantitative estimate of drug-likeness (QED) is 0.811. The van der Waals surface area contributed by atoms with Gasteiger partial charge in [0.05, 0.1) is 0 Å². The van der Waals surface area contributed by atoms with Gasteiger partial charge in [-0.25, -0.2) is 4.79 Å². The number of carboxylic acid groups (broad SMARTS) is 1. The summed E-state index contributed by atoms with van der Waals surface area (Å²) >= 11 is 0. The Bertz CT molecular complexity index is 639. The molecule has 2 N–H and O–H groups in total. The number of aromatic nitrogens is 2. The minimum atomic E-state index is -1.06. The second-order valence-corrected chi connectivity index (χ2v) is 4.82. The Morgan fingerprint density at radius 2 is 2.09 bits per heavy atom. The molecule has 0 aliphatic carbocycles. The van der Waals surface area contributed by atoms with Gasteiger partial charge in [0.2, 0.25) is 0 Å². The minimum Gasteiger partial charge on any atom is -0.480 e. The predicted octanol–water partition coefficient (Wildman–Crippen LogP) is 2.11. The van der Waals surface area contributed by atoms with Crippen molar-refractivity contribution in [2.45, 2.75) is 32.2 Å². The predicted molar refractivity (Wildman–Crippen MR) is 78.1 cm³/mol. The summed E-state index contributed by atoms with van der Waals surface area (Å²) in [6.45, 7) is 1.96. The number of hydrogen-bond donors (Lipinski definition) is 2. The topological polar surface area (TPSA) is 105 Å². The van der Waals surface area contributed by atoms with Crippen LogP contribution in [0.3, 0.4) is 0 Å². The second kappa shape index (κ2) is 7.35. The highest BCUT2D eigenvalue weighted by molar-refractivity contribution is 5.95. The average Bonchev–Trinajstić information content (AvgIpc) is 3.02. The van der Waals surface area contributed by atoms with Gasteiger partial charge in [0.25, 0.3) is 5.91 Å². The lowest BCUT2D eigenvalue weighted by Crippen LogP contribution is -2.40. The van der Waals surface area contributed by atoms with Crippen molar-refractivity contribution in [2.24, 2.45) is 0 Å². The summed E-state index contributed by atoms with van der Waals surface area (Å²) < 4.78 is 5.11. The van der Waals surface area contributed by atoms with E-state index in [1.165, 1.54) is 6.07 Å². The molecular formula is C15H17N3O4. The lowest BCUT2D eigenvalue weighted by molar-refractivity contribution is -0.139. The van der Waals surface area contributed by atoms with E-state index in [1.807, 2.05) is 6.92 Å². The fraction of sp³-hybridized carbons (Fsp3) is 0.333. The minimum absolute atomic E-state index is 0.0505. The molecule has 116 valence electrons. The van der Waals surface area contributed by atoms with E-state index >= 15 is 0 Å². The molecule has 2 aromatic rings. The molecule has 0 bridgehead atoms. The van der Waals surface area contributed by atoms with Crippen LogP contribution in [-0.4, -0.2) is 33.2 Å². The van der Waals surface area contributed by atoms with E-state index in [0.29, 0.717) is 12.2 Å². The van der Waals surface area contributed by atoms with E-state index in [9.17, 15) is 9.59 Å². The van der Waals surface area contributed by atoms with Crippen LogP contribution in [0.5, 0.6) is 0 Å². The zero-order valence-corrected chi connectivity index (χ0v) is 12.2. The molecule has 0 aliphatic rings. The Balaban J connectivity index is 2.06. The standard InChI is InChI=1S/C15H17N3O4/c1-2-3-4-11(15(20)21)17-14(19)12-9-13(22-18-12)10-5-7-16-8-6-10/h5-9,11H,2-4H2,1H3,(H,17,19)(H,20,21). The first-order valence-electron chi connectivity index (χ1n) is 7.02. The van der Waals surface area contributed by atoms with Crippen molar-refractivity contribution in [1.82, 2.24) is 15.5 Å². The van der Waals surface area contributed by atoms with Crippen molar-refractivity contribution in [3.63, 3.8) is 0 Å². The lowest BCUT2D eigenvalue weighted by atomic mass is 10.1. The van der Waals surface area contributed by atoms with Crippen LogP contribution >= 0.6 is 0 Å². The molecule has 2 rings (SSSR count). The maximum atomic E-state index is 12.1. The molecule has 0 saturated heterocycles. The second-order valence-electron chi connectivity index (χ2n) is 4.82. The summed E-state index contributed by atoms with van der Waals surface area (Å²) in [4.78, 5) is 27.1. The highest BCUT2D eigenvalue weighted by Gasteiger charge is 2.22. The molecule has 0 radical (unpaired) electrons. The zero-order chi connectivity index (χ0) is 15.9. The number of rotatable bonds is 7. The smallest absolute Gasteiger partial charge is 0.326 e. The van der Waals surface area contributed by atoms with Gasteiger partial charge >= 0.3 is 5.97 Å². The van der Waals surface area contributed by atoms with Crippen molar-refractivity contribution in [2.75, 3.05) is 0 Å². The Morgan fingerprint density at radius 1 is 1.36 bits per heavy atom. The number of carbonyl (C=O) groups is 2. The molecule has 0 fully saturated rings. The molecule has 1 atom stereocenters. The molecule has 2 heterocycles. The number of nitrogens with one attached hydrogen (secondary N) is 1. The lowest BCUT2D eigenvalue weighted by Gasteiger charge is -2.12. The number of aliphatic carboxylic acids is 1. The first-order chi connectivity index (χ1) is 10.6. The number of unbranched alkanes of at least 4 members (excludes halogenated alkanes) is 1. The number of pyridine rings is 1. The molecule has 0 aliphatic heterocycles. The van der Waals surface area contributed by atoms with Gasteiger partial charge in [-0.2, -0.15) is 0 Å². The van der Waals surface area contributed by atoms with Crippen molar-refractivity contribution >= 4 is 11.9 Å². The average molecular weight is 303 g/mol. The molecular weight excluding hydrogens is 286 g/mol. The maximum Gasteiger partial charge on any atom is 0.326 e. The zero-order valence-electron chi connectivity index (χ0n) is 12.2. The first-order valence-corrected chi connectivity index (χ1v) is 7.02. The van der Waals surface area contributed by atoms with Gasteiger partial charge in [-0.05, 0) is 18.6 Å². The number of carboxylic acids is 1. The molecule has 7 heteroatoms. The fourth-order valence-electron chi connectivity index (χ4n) is 1.93. The normalized spacial score (nSPS) is 11.9. The summed E-state index contributed by atoms with van der Waals surface area (Å²) in [5, 5.41) is 15.3. The summed E-state index contributed by atoms with van der Waals surface area (Å²) in [5.74, 6) is -1.19. The molecule has 2 aromatic heterocycles. The van der Waals surface area contributed by atoms with Gasteiger partial charge < -0.3 is 14.9 Å². The van der Waals surface area contributed by atoms with Gasteiger partial charge in [-0.15, -0.1) is 0 Å². The fourth-order valence-corrected chi connectivity index (χ4v) is 1.93. The van der Waals surface area contributed by atoms with Crippen molar-refractivity contribution in [1.29, 1.82) is 0 Å².